The van der Waals surface area contributed by atoms with Crippen LogP contribution in [0.15, 0.2) is 103 Å². The molecule has 380 valence electrons. The summed E-state index contributed by atoms with van der Waals surface area (Å²) in [5, 5.41) is 46.1. The molecule has 0 bridgehead atoms. The Labute approximate surface area is 445 Å². The number of rotatable bonds is 14. The van der Waals surface area contributed by atoms with Crippen LogP contribution >= 0.6 is 59.9 Å². The molecule has 9 rings (SSSR count). The monoisotopic (exact) mass is 1350 g/mol. The van der Waals surface area contributed by atoms with Crippen molar-refractivity contribution in [3.05, 3.63) is 154 Å². The molecule has 0 radical (unpaired) electrons. The van der Waals surface area contributed by atoms with E-state index in [1.165, 1.54) is 48.5 Å². The number of fused-ring (bicyclic) bond motifs is 4. The van der Waals surface area contributed by atoms with Crippen LogP contribution in [0.25, 0.3) is 0 Å². The van der Waals surface area contributed by atoms with Crippen molar-refractivity contribution in [2.45, 2.75) is 114 Å². The Balaban J connectivity index is 0.000000215. The standard InChI is InChI=1S/C29H31F2NO4.C22H25F2NO4.CH4.3HI.V/c30-22-8-12-26-20(14-22)6-10-28(35-26)24(33)17-32(16-19-4-2-1-3-5-19)18-25(34)29-11-7-21-15-23(31)9-13-27(21)36-29;23-15-3-7-19-13(9-15)1-5-21(28-19)17(26)11-25-12-18(27)22-6-2-14-10-16(24)4-8-20(14)29-22;;;;;/h1-5,8-9,12-15,24-25,28-29,33-34H,6-7,10-11,16-18H2;3-4,7-10,17-18,21-22,25-27H,1-2,5-6,11-12H2;1H4;3*1H;/q;;;;;;+3/p-3. The molecule has 4 aliphatic heterocycles. The third-order valence-corrected chi connectivity index (χ3v) is 12.6. The number of hydrogen-bond acceptors (Lipinski definition) is 10. The average Bonchev–Trinajstić information content (AvgIpc) is 3.33. The summed E-state index contributed by atoms with van der Waals surface area (Å²) in [7, 11) is 0. The summed E-state index contributed by atoms with van der Waals surface area (Å²) in [5.74, 6) is 1.24. The van der Waals surface area contributed by atoms with Gasteiger partial charge >= 0.3 is 64.9 Å². The van der Waals surface area contributed by atoms with Crippen LogP contribution < -0.4 is 24.3 Å². The van der Waals surface area contributed by atoms with Crippen molar-refractivity contribution in [3.63, 3.8) is 0 Å². The van der Waals surface area contributed by atoms with Crippen LogP contribution in [0.1, 0.15) is 60.9 Å². The molecule has 0 saturated carbocycles. The molecule has 0 amide bonds. The maximum atomic E-state index is 13.5. The number of nitrogens with zero attached hydrogens (tertiary/aromatic N) is 1. The van der Waals surface area contributed by atoms with Crippen molar-refractivity contribution in [2.75, 3.05) is 26.2 Å². The topological polar surface area (TPSA) is 133 Å². The van der Waals surface area contributed by atoms with E-state index in [2.05, 4.69) is 65.3 Å². The van der Waals surface area contributed by atoms with Crippen molar-refractivity contribution in [2.24, 2.45) is 0 Å². The molecule has 8 unspecified atom stereocenters. The summed E-state index contributed by atoms with van der Waals surface area (Å²) in [6.45, 7) is 1.64. The number of halogens is 7. The number of aliphatic hydroxyl groups is 4. The third kappa shape index (κ3) is 16.8. The van der Waals surface area contributed by atoms with Gasteiger partial charge in [0.05, 0.1) is 0 Å². The van der Waals surface area contributed by atoms with E-state index in [0.717, 1.165) is 27.8 Å². The van der Waals surface area contributed by atoms with Gasteiger partial charge in [-0.1, -0.05) is 37.8 Å². The number of nitrogens with one attached hydrogen (secondary N) is 1. The van der Waals surface area contributed by atoms with E-state index in [4.69, 9.17) is 18.9 Å². The fourth-order valence-corrected chi connectivity index (χ4v) is 9.05. The van der Waals surface area contributed by atoms with Gasteiger partial charge in [-0.25, -0.2) is 17.6 Å². The second-order valence-corrected chi connectivity index (χ2v) is 53.0. The first-order chi connectivity index (χ1) is 33.2. The molecule has 0 aromatic heterocycles. The second kappa shape index (κ2) is 27.7. The van der Waals surface area contributed by atoms with Gasteiger partial charge in [0.25, 0.3) is 0 Å². The Hall–Kier alpha value is -2.45. The number of benzene rings is 5. The molecular weight excluding hydrogens is 1290 g/mol. The van der Waals surface area contributed by atoms with E-state index in [9.17, 15) is 38.0 Å². The quantitative estimate of drug-likeness (QED) is 0.0541. The van der Waals surface area contributed by atoms with Gasteiger partial charge in [0.15, 0.2) is 0 Å². The van der Waals surface area contributed by atoms with Gasteiger partial charge in [-0.15, -0.1) is 0 Å². The minimum absolute atomic E-state index is 0. The van der Waals surface area contributed by atoms with Gasteiger partial charge in [0, 0.05) is 32.7 Å². The molecule has 4 aliphatic rings. The summed E-state index contributed by atoms with van der Waals surface area (Å²) in [6.07, 6.45) is 0.197. The fraction of sp³-hybridized carbons (Fsp3) is 0.423. The third-order valence-electron chi connectivity index (χ3n) is 12.6. The Bertz CT molecular complexity index is 2290. The molecule has 18 heteroatoms. The van der Waals surface area contributed by atoms with Gasteiger partial charge in [-0.05, 0) is 152 Å². The predicted molar refractivity (Wildman–Crippen MR) is 284 cm³/mol. The summed E-state index contributed by atoms with van der Waals surface area (Å²) in [5.41, 5.74) is 4.31. The average molecular weight is 1350 g/mol. The molecule has 8 atom stereocenters. The summed E-state index contributed by atoms with van der Waals surface area (Å²) >= 11 is 7.39. The van der Waals surface area contributed by atoms with Gasteiger partial charge in [0.2, 0.25) is 0 Å². The van der Waals surface area contributed by atoms with Crippen molar-refractivity contribution in [1.82, 2.24) is 10.2 Å². The van der Waals surface area contributed by atoms with Gasteiger partial charge in [0.1, 0.15) is 95.1 Å². The van der Waals surface area contributed by atoms with E-state index in [1.54, 1.807) is 24.3 Å². The van der Waals surface area contributed by atoms with Gasteiger partial charge in [-0.3, -0.25) is 4.90 Å². The summed E-state index contributed by atoms with van der Waals surface area (Å²) in [6, 6.07) is 27.6. The van der Waals surface area contributed by atoms with E-state index >= 15 is 0 Å². The Morgan fingerprint density at radius 3 is 1.11 bits per heavy atom. The van der Waals surface area contributed by atoms with Crippen LogP contribution in [0, 0.1) is 23.3 Å². The predicted octanol–water partition coefficient (Wildman–Crippen LogP) is 9.93. The van der Waals surface area contributed by atoms with E-state index in [1.807, 2.05) is 35.2 Å². The van der Waals surface area contributed by atoms with E-state index in [0.29, 0.717) is 94.0 Å². The Morgan fingerprint density at radius 2 is 0.800 bits per heavy atom. The minimum atomic E-state index is -0.796. The molecule has 0 fully saturated rings. The zero-order chi connectivity index (χ0) is 49.0. The van der Waals surface area contributed by atoms with Gasteiger partial charge in [-0.2, -0.15) is 0 Å². The molecule has 0 spiro atoms. The first kappa shape index (κ1) is 56.8. The van der Waals surface area contributed by atoms with Gasteiger partial charge < -0.3 is 44.7 Å². The molecule has 70 heavy (non-hydrogen) atoms. The van der Waals surface area contributed by atoms with Crippen LogP contribution in [-0.4, -0.2) is 100 Å². The van der Waals surface area contributed by atoms with E-state index < -0.39 is 36.6 Å². The summed E-state index contributed by atoms with van der Waals surface area (Å²) < 4.78 is 77.3. The zero-order valence-corrected chi connectivity index (χ0v) is 45.5. The molecule has 5 N–H and O–H groups in total. The molecular formula is C52H60F4I3N2O8V. The number of aryl methyl sites for hydroxylation is 4. The number of aliphatic hydroxyl groups excluding tert-OH is 4. The van der Waals surface area contributed by atoms with Crippen molar-refractivity contribution in [1.29, 1.82) is 0 Å². The fourth-order valence-electron chi connectivity index (χ4n) is 9.05. The number of ether oxygens (including phenoxy) is 4. The first-order valence-corrected chi connectivity index (χ1v) is 36.5. The van der Waals surface area contributed by atoms with Crippen molar-refractivity contribution < 1.29 is 61.9 Å². The van der Waals surface area contributed by atoms with Crippen LogP contribution in [0.4, 0.5) is 17.6 Å². The number of hydrogen-bond donors (Lipinski definition) is 5. The van der Waals surface area contributed by atoms with E-state index in [-0.39, 0.29) is 60.9 Å². The zero-order valence-electron chi connectivity index (χ0n) is 37.6. The molecule has 10 nitrogen and oxygen atoms in total. The van der Waals surface area contributed by atoms with Crippen LogP contribution in [0.2, 0.25) is 0 Å². The molecule has 5 aromatic rings. The molecule has 5 aromatic carbocycles. The first-order valence-electron chi connectivity index (χ1n) is 22.9. The van der Waals surface area contributed by atoms with Crippen LogP contribution in [0.5, 0.6) is 23.0 Å². The SMILES string of the molecule is C.OC(CN(Cc1ccccc1)CC(O)C1CCc2cc(F)ccc2O1)C1CCc2cc(F)ccc2O1.OC(CNCC(O)C1CCc2cc(F)ccc2O1)C1CCc2cc(F)ccc2O1.[I][V]([I])[I]. The van der Waals surface area contributed by atoms with Crippen molar-refractivity contribution in [3.8, 4) is 23.0 Å². The van der Waals surface area contributed by atoms with Crippen LogP contribution in [0.3, 0.4) is 0 Å². The molecule has 0 saturated heterocycles. The second-order valence-electron chi connectivity index (χ2n) is 17.6. The normalized spacial score (nSPS) is 20.5. The molecule has 4 heterocycles. The Kier molecular flexibility index (Phi) is 22.5. The Morgan fingerprint density at radius 1 is 0.500 bits per heavy atom. The van der Waals surface area contributed by atoms with Crippen molar-refractivity contribution >= 4 is 59.9 Å². The molecule has 0 aliphatic carbocycles. The maximum absolute atomic E-state index is 13.5. The summed E-state index contributed by atoms with van der Waals surface area (Å²) in [4.78, 5) is 1.73. The van der Waals surface area contributed by atoms with Crippen LogP contribution in [-0.2, 0) is 37.1 Å².